The number of carbonyl (C=O) groups is 5. The summed E-state index contributed by atoms with van der Waals surface area (Å²) < 4.78 is 20.0. The number of rotatable bonds is 13. The van der Waals surface area contributed by atoms with Crippen LogP contribution in [-0.4, -0.2) is 144 Å². The number of hydrogen-bond donors (Lipinski definition) is 2. The molecule has 2 N–H and O–H groups in total. The van der Waals surface area contributed by atoms with Crippen LogP contribution in [0.5, 0.6) is 11.5 Å². The van der Waals surface area contributed by atoms with Crippen LogP contribution in [0.3, 0.4) is 0 Å². The van der Waals surface area contributed by atoms with E-state index in [2.05, 4.69) is 20.5 Å². The summed E-state index contributed by atoms with van der Waals surface area (Å²) in [5.74, 6) is -1.41. The minimum Gasteiger partial charge on any atom is -0.457 e. The Balaban J connectivity index is 1.25. The topological polar surface area (TPSA) is 168 Å². The van der Waals surface area contributed by atoms with Crippen molar-refractivity contribution in [2.24, 2.45) is 13.0 Å². The lowest BCUT2D eigenvalue weighted by Gasteiger charge is -2.40. The molecule has 0 radical (unpaired) electrons. The van der Waals surface area contributed by atoms with Crippen molar-refractivity contribution in [1.82, 2.24) is 39.8 Å². The molecule has 73 heavy (non-hydrogen) atoms. The number of amides is 5. The minimum absolute atomic E-state index is 0.105. The predicted octanol–water partition coefficient (Wildman–Crippen LogP) is 6.55. The first-order chi connectivity index (χ1) is 35.0. The number of methoxy groups -OCH3 is 1. The molecule has 18 heteroatoms. The van der Waals surface area contributed by atoms with Crippen LogP contribution in [0, 0.1) is 5.92 Å². The number of aromatic nitrogens is 2. The average Bonchev–Trinajstić information content (AvgIpc) is 3.73. The Morgan fingerprint density at radius 1 is 0.808 bits per heavy atom. The van der Waals surface area contributed by atoms with Crippen LogP contribution in [0.1, 0.15) is 48.7 Å². The SMILES string of the molecule is COC[C@@H]1NC(=O)[C@H](C)N(Cc2ccc(Cl)cc2Oc2ccc(-c3cnc(CN(C)C)n3C)cc2)C(=O)C[C@@H](Cc2ccccc2)C(=O)N(C)[C@H]2CCOC[C@@H]2NC(=O)C[C@H](Cc2ccc(Cl)cc2)N(C)C1=O. The van der Waals surface area contributed by atoms with E-state index in [0.29, 0.717) is 46.7 Å². The van der Waals surface area contributed by atoms with Crippen LogP contribution >= 0.6 is 23.2 Å². The van der Waals surface area contributed by atoms with Gasteiger partial charge in [-0.2, -0.15) is 0 Å². The number of likely N-dealkylation sites (N-methyl/N-ethyl adjacent to an activating group) is 2. The average molecular weight is 1040 g/mol. The summed E-state index contributed by atoms with van der Waals surface area (Å²) in [6.45, 7) is 2.43. The molecule has 0 bridgehead atoms. The molecule has 1 aromatic heterocycles. The van der Waals surface area contributed by atoms with Gasteiger partial charge in [0.1, 0.15) is 29.4 Å². The Bertz CT molecular complexity index is 2700. The molecule has 6 atom stereocenters. The van der Waals surface area contributed by atoms with Gasteiger partial charge in [0.05, 0.1) is 56.2 Å². The van der Waals surface area contributed by atoms with Gasteiger partial charge in [0, 0.05) is 74.9 Å². The minimum atomic E-state index is -1.21. The molecule has 5 aromatic rings. The first-order valence-corrected chi connectivity index (χ1v) is 25.2. The van der Waals surface area contributed by atoms with E-state index in [1.54, 1.807) is 56.3 Å². The first kappa shape index (κ1) is 54.5. The lowest BCUT2D eigenvalue weighted by molar-refractivity contribution is -0.148. The number of fused-ring (bicyclic) bond motifs is 1. The van der Waals surface area contributed by atoms with Crippen LogP contribution in [0.15, 0.2) is 103 Å². The maximum absolute atomic E-state index is 15.2. The summed E-state index contributed by atoms with van der Waals surface area (Å²) in [5.41, 5.74) is 4.07. The lowest BCUT2D eigenvalue weighted by Crippen LogP contribution is -2.60. The highest BCUT2D eigenvalue weighted by molar-refractivity contribution is 6.31. The lowest BCUT2D eigenvalue weighted by atomic mass is 9.91. The third-order valence-corrected chi connectivity index (χ3v) is 14.2. The van der Waals surface area contributed by atoms with Crippen molar-refractivity contribution in [2.75, 3.05) is 55.1 Å². The van der Waals surface area contributed by atoms with E-state index >= 15 is 4.79 Å². The molecule has 2 aliphatic heterocycles. The number of ether oxygens (including phenoxy) is 3. The molecule has 2 aliphatic rings. The summed E-state index contributed by atoms with van der Waals surface area (Å²) in [5, 5.41) is 6.92. The molecular weight excluding hydrogens is 972 g/mol. The van der Waals surface area contributed by atoms with Crippen LogP contribution in [0.25, 0.3) is 11.3 Å². The summed E-state index contributed by atoms with van der Waals surface area (Å²) in [6, 6.07) is 25.1. The van der Waals surface area contributed by atoms with Crippen LogP contribution in [-0.2, 0) is 66.4 Å². The van der Waals surface area contributed by atoms with Crippen molar-refractivity contribution in [2.45, 2.75) is 82.3 Å². The maximum atomic E-state index is 15.2. The molecule has 3 heterocycles. The van der Waals surface area contributed by atoms with E-state index in [-0.39, 0.29) is 57.3 Å². The Hall–Kier alpha value is -6.30. The number of carbonyl (C=O) groups excluding carboxylic acids is 5. The largest absolute Gasteiger partial charge is 0.457 e. The number of hydrogen-bond acceptors (Lipinski definition) is 10. The second-order valence-corrected chi connectivity index (χ2v) is 20.1. The van der Waals surface area contributed by atoms with E-state index in [1.807, 2.05) is 98.6 Å². The van der Waals surface area contributed by atoms with E-state index in [0.717, 1.165) is 28.2 Å². The normalized spacial score (nSPS) is 21.9. The van der Waals surface area contributed by atoms with Gasteiger partial charge in [0.25, 0.3) is 0 Å². The van der Waals surface area contributed by atoms with Gasteiger partial charge in [0.15, 0.2) is 0 Å². The van der Waals surface area contributed by atoms with Crippen molar-refractivity contribution in [1.29, 1.82) is 0 Å². The number of benzene rings is 4. The van der Waals surface area contributed by atoms with Gasteiger partial charge in [-0.25, -0.2) is 4.98 Å². The van der Waals surface area contributed by atoms with Crippen molar-refractivity contribution in [3.8, 4) is 22.8 Å². The molecule has 7 rings (SSSR count). The van der Waals surface area contributed by atoms with Gasteiger partial charge in [0.2, 0.25) is 29.5 Å². The van der Waals surface area contributed by atoms with Gasteiger partial charge < -0.3 is 49.0 Å². The highest BCUT2D eigenvalue weighted by Gasteiger charge is 2.39. The Morgan fingerprint density at radius 3 is 2.21 bits per heavy atom. The van der Waals surface area contributed by atoms with E-state index in [9.17, 15) is 19.2 Å². The molecule has 16 nitrogen and oxygen atoms in total. The molecule has 0 spiro atoms. The van der Waals surface area contributed by atoms with Gasteiger partial charge in [-0.15, -0.1) is 0 Å². The molecular formula is C55H66Cl2N8O8. The van der Waals surface area contributed by atoms with E-state index in [4.69, 9.17) is 37.4 Å². The number of halogens is 2. The first-order valence-electron chi connectivity index (χ1n) is 24.5. The zero-order chi connectivity index (χ0) is 52.3. The van der Waals surface area contributed by atoms with Crippen LogP contribution in [0.2, 0.25) is 10.0 Å². The second kappa shape index (κ2) is 25.1. The quantitative estimate of drug-likeness (QED) is 0.132. The predicted molar refractivity (Wildman–Crippen MR) is 280 cm³/mol. The van der Waals surface area contributed by atoms with Gasteiger partial charge >= 0.3 is 0 Å². The summed E-state index contributed by atoms with van der Waals surface area (Å²) >= 11 is 12.8. The summed E-state index contributed by atoms with van der Waals surface area (Å²) in [6.07, 6.45) is 2.38. The number of nitrogens with zero attached hydrogens (tertiary/aromatic N) is 6. The van der Waals surface area contributed by atoms with Crippen molar-refractivity contribution in [3.05, 3.63) is 136 Å². The van der Waals surface area contributed by atoms with Crippen LogP contribution < -0.4 is 15.4 Å². The molecule has 0 aliphatic carbocycles. The van der Waals surface area contributed by atoms with Crippen molar-refractivity contribution < 1.29 is 38.2 Å². The molecule has 2 fully saturated rings. The highest BCUT2D eigenvalue weighted by Crippen LogP contribution is 2.33. The molecule has 5 amide bonds. The van der Waals surface area contributed by atoms with E-state index < -0.39 is 53.8 Å². The van der Waals surface area contributed by atoms with E-state index in [1.165, 1.54) is 16.9 Å². The Morgan fingerprint density at radius 2 is 1.51 bits per heavy atom. The van der Waals surface area contributed by atoms with Crippen molar-refractivity contribution >= 4 is 52.7 Å². The molecule has 4 aromatic carbocycles. The third kappa shape index (κ3) is 14.1. The molecule has 2 saturated heterocycles. The van der Waals surface area contributed by atoms with Gasteiger partial charge in [-0.1, -0.05) is 71.7 Å². The molecule has 0 unspecified atom stereocenters. The third-order valence-electron chi connectivity index (χ3n) is 13.7. The summed E-state index contributed by atoms with van der Waals surface area (Å²) in [4.78, 5) is 84.8. The maximum Gasteiger partial charge on any atom is 0.247 e. The fourth-order valence-electron chi connectivity index (χ4n) is 9.52. The Kier molecular flexibility index (Phi) is 18.7. The monoisotopic (exact) mass is 1040 g/mol. The van der Waals surface area contributed by atoms with Crippen LogP contribution in [0.4, 0.5) is 0 Å². The fraction of sp³-hybridized carbons (Fsp3) is 0.418. The standard InChI is InChI=1S/C55H66Cl2N8O8/c1-35-53(68)60-46(33-71-7)55(70)62(4)43(26-37-13-18-41(56)19-14-37)29-51(66)59-45-34-72-24-23-47(45)64(6)54(69)40(25-36-11-9-8-10-12-36)27-52(67)65(35)31-39-15-20-42(57)28-49(39)73-44-21-16-38(17-22-44)48-30-58-50(63(48)5)32-61(2)3/h8-22,28,30,35,40,43,45-47H,23-27,29,31-34H2,1-7H3,(H,59,66)(H,60,68)/t35-,40+,43-,45-,46-,47-/m0/s1. The molecule has 0 saturated carbocycles. The van der Waals surface area contributed by atoms with Crippen molar-refractivity contribution in [3.63, 3.8) is 0 Å². The zero-order valence-electron chi connectivity index (χ0n) is 42.6. The van der Waals surface area contributed by atoms with Gasteiger partial charge in [-0.3, -0.25) is 24.0 Å². The number of imidazole rings is 1. The van der Waals surface area contributed by atoms with Gasteiger partial charge in [-0.05, 0) is 99.9 Å². The second-order valence-electron chi connectivity index (χ2n) is 19.2. The Labute approximate surface area is 437 Å². The highest BCUT2D eigenvalue weighted by atomic mass is 35.5. The summed E-state index contributed by atoms with van der Waals surface area (Å²) in [7, 11) is 10.7. The number of nitrogens with one attached hydrogen (secondary N) is 2. The smallest absolute Gasteiger partial charge is 0.247 e. The molecule has 388 valence electrons. The fourth-order valence-corrected chi connectivity index (χ4v) is 9.81. The zero-order valence-corrected chi connectivity index (χ0v) is 44.1.